The number of hydrogen-bond donors (Lipinski definition) is 2. The van der Waals surface area contributed by atoms with E-state index >= 15 is 4.39 Å². The molecule has 1 aliphatic heterocycles. The van der Waals surface area contributed by atoms with Crippen LogP contribution in [0.25, 0.3) is 0 Å². The maximum absolute atomic E-state index is 15.1. The fraction of sp³-hybridized carbons (Fsp3) is 0.615. The average molecular weight is 316 g/mol. The molecule has 0 aromatic carbocycles. The van der Waals surface area contributed by atoms with Gasteiger partial charge in [-0.05, 0) is 6.92 Å². The lowest BCUT2D eigenvalue weighted by Gasteiger charge is -2.27. The molecule has 0 aliphatic carbocycles. The third-order valence-corrected chi connectivity index (χ3v) is 3.51. The van der Waals surface area contributed by atoms with Crippen LogP contribution in [0, 0.1) is 0 Å². The van der Waals surface area contributed by atoms with Gasteiger partial charge in [0.05, 0.1) is 6.61 Å². The largest absolute Gasteiger partial charge is 0.456 e. The van der Waals surface area contributed by atoms with Gasteiger partial charge in [-0.1, -0.05) is 6.92 Å². The molecule has 2 heterocycles. The van der Waals surface area contributed by atoms with Crippen molar-refractivity contribution >= 4 is 5.97 Å². The maximum Gasteiger partial charge on any atom is 0.330 e. The van der Waals surface area contributed by atoms with E-state index in [4.69, 9.17) is 9.47 Å². The molecule has 22 heavy (non-hydrogen) atoms. The summed E-state index contributed by atoms with van der Waals surface area (Å²) in [7, 11) is 0. The van der Waals surface area contributed by atoms with E-state index in [9.17, 15) is 19.5 Å². The van der Waals surface area contributed by atoms with Crippen LogP contribution in [0.1, 0.15) is 26.5 Å². The Kier molecular flexibility index (Phi) is 4.47. The van der Waals surface area contributed by atoms with Gasteiger partial charge in [0, 0.05) is 18.7 Å². The highest BCUT2D eigenvalue weighted by Gasteiger charge is 2.57. The number of H-pyrrole nitrogens is 1. The van der Waals surface area contributed by atoms with Gasteiger partial charge in [0.2, 0.25) is 0 Å². The van der Waals surface area contributed by atoms with Crippen LogP contribution in [0.2, 0.25) is 0 Å². The van der Waals surface area contributed by atoms with Crippen molar-refractivity contribution in [2.45, 2.75) is 44.4 Å². The summed E-state index contributed by atoms with van der Waals surface area (Å²) < 4.78 is 26.3. The van der Waals surface area contributed by atoms with Crippen LogP contribution in [-0.2, 0) is 14.3 Å². The molecule has 1 saturated heterocycles. The van der Waals surface area contributed by atoms with Crippen LogP contribution in [0.3, 0.4) is 0 Å². The van der Waals surface area contributed by atoms with Gasteiger partial charge in [0.25, 0.3) is 5.56 Å². The van der Waals surface area contributed by atoms with E-state index in [1.54, 1.807) is 6.92 Å². The van der Waals surface area contributed by atoms with E-state index in [1.165, 1.54) is 0 Å². The van der Waals surface area contributed by atoms with E-state index in [2.05, 4.69) is 0 Å². The average Bonchev–Trinajstić information content (AvgIpc) is 2.70. The van der Waals surface area contributed by atoms with Gasteiger partial charge in [-0.15, -0.1) is 0 Å². The minimum atomic E-state index is -2.26. The molecule has 0 radical (unpaired) electrons. The summed E-state index contributed by atoms with van der Waals surface area (Å²) >= 11 is 0. The van der Waals surface area contributed by atoms with E-state index in [0.717, 1.165) is 23.8 Å². The molecule has 0 bridgehead atoms. The Balaban J connectivity index is 2.39. The maximum atomic E-state index is 15.1. The molecule has 2 rings (SSSR count). The van der Waals surface area contributed by atoms with Crippen LogP contribution in [0.15, 0.2) is 21.9 Å². The number of carbonyl (C=O) groups excluding carboxylic acids is 1. The molecule has 1 unspecified atom stereocenters. The van der Waals surface area contributed by atoms with E-state index in [0.29, 0.717) is 0 Å². The molecule has 4 atom stereocenters. The first-order valence-corrected chi connectivity index (χ1v) is 6.77. The number of aromatic nitrogens is 2. The number of halogens is 1. The summed E-state index contributed by atoms with van der Waals surface area (Å²) in [6.45, 7) is 2.07. The first kappa shape index (κ1) is 16.4. The molecule has 9 heteroatoms. The Labute approximate surface area is 124 Å². The van der Waals surface area contributed by atoms with Crippen molar-refractivity contribution < 1.29 is 23.8 Å². The Morgan fingerprint density at radius 3 is 2.82 bits per heavy atom. The summed E-state index contributed by atoms with van der Waals surface area (Å²) in [4.78, 5) is 36.3. The highest BCUT2D eigenvalue weighted by atomic mass is 19.1. The van der Waals surface area contributed by atoms with Crippen molar-refractivity contribution in [2.24, 2.45) is 0 Å². The van der Waals surface area contributed by atoms with Crippen LogP contribution in [-0.4, -0.2) is 45.1 Å². The van der Waals surface area contributed by atoms with Crippen LogP contribution < -0.4 is 11.2 Å². The minimum absolute atomic E-state index is 0.0357. The second kappa shape index (κ2) is 6.01. The summed E-state index contributed by atoms with van der Waals surface area (Å²) in [6.07, 6.45) is -2.80. The van der Waals surface area contributed by atoms with Gasteiger partial charge in [0.15, 0.2) is 18.0 Å². The molecule has 0 saturated carbocycles. The zero-order chi connectivity index (χ0) is 16.5. The Hall–Kier alpha value is -2.00. The standard InChI is InChI=1S/C13H17FN2O6/c1-3-9(19)22-10-7(6-17)21-11(13(10,2)14)16-5-4-8(18)15-12(16)20/h4-5,7,10-11,17H,3,6H2,1-2H3,(H,15,18,20)/t7-,10-,11?,13+/m1/s1. The fourth-order valence-corrected chi connectivity index (χ4v) is 2.38. The second-order valence-corrected chi connectivity index (χ2v) is 5.14. The predicted octanol–water partition coefficient (Wildman–Crippen LogP) is -0.524. The van der Waals surface area contributed by atoms with Gasteiger partial charge < -0.3 is 14.6 Å². The highest BCUT2D eigenvalue weighted by molar-refractivity contribution is 5.69. The number of aromatic amines is 1. The van der Waals surface area contributed by atoms with E-state index in [-0.39, 0.29) is 6.42 Å². The van der Waals surface area contributed by atoms with Gasteiger partial charge in [-0.25, -0.2) is 9.18 Å². The number of alkyl halides is 1. The number of esters is 1. The molecule has 122 valence electrons. The van der Waals surface area contributed by atoms with Crippen molar-refractivity contribution in [1.82, 2.24) is 9.55 Å². The van der Waals surface area contributed by atoms with E-state index in [1.807, 2.05) is 4.98 Å². The summed E-state index contributed by atoms with van der Waals surface area (Å²) in [5.41, 5.74) is -3.76. The van der Waals surface area contributed by atoms with Crippen molar-refractivity contribution in [2.75, 3.05) is 6.61 Å². The fourth-order valence-electron chi connectivity index (χ4n) is 2.38. The monoisotopic (exact) mass is 316 g/mol. The third kappa shape index (κ3) is 2.81. The normalized spacial score (nSPS) is 31.2. The summed E-state index contributed by atoms with van der Waals surface area (Å²) in [6, 6.07) is 1.04. The molecular formula is C13H17FN2O6. The molecular weight excluding hydrogens is 299 g/mol. The molecule has 2 N–H and O–H groups in total. The van der Waals surface area contributed by atoms with Gasteiger partial charge in [-0.2, -0.15) is 0 Å². The molecule has 1 aromatic rings. The van der Waals surface area contributed by atoms with E-state index < -0.39 is 47.9 Å². The quantitative estimate of drug-likeness (QED) is 0.723. The number of carbonyl (C=O) groups is 1. The van der Waals surface area contributed by atoms with Gasteiger partial charge in [-0.3, -0.25) is 19.1 Å². The Morgan fingerprint density at radius 2 is 2.27 bits per heavy atom. The number of aliphatic hydroxyl groups excluding tert-OH is 1. The summed E-state index contributed by atoms with van der Waals surface area (Å²) in [5, 5.41) is 9.30. The highest BCUT2D eigenvalue weighted by Crippen LogP contribution is 2.42. The Bertz CT molecular complexity index is 667. The zero-order valence-electron chi connectivity index (χ0n) is 12.1. The first-order valence-electron chi connectivity index (χ1n) is 6.77. The number of ether oxygens (including phenoxy) is 2. The molecule has 8 nitrogen and oxygen atoms in total. The SMILES string of the molecule is CCC(=O)O[C@@H]1[C@@H](CO)OC(n2ccc(=O)[nH]c2=O)[C@@]1(C)F. The topological polar surface area (TPSA) is 111 Å². The molecule has 1 aliphatic rings. The number of hydrogen-bond acceptors (Lipinski definition) is 6. The van der Waals surface area contributed by atoms with Gasteiger partial charge in [0.1, 0.15) is 6.10 Å². The van der Waals surface area contributed by atoms with Crippen molar-refractivity contribution in [3.8, 4) is 0 Å². The second-order valence-electron chi connectivity index (χ2n) is 5.14. The molecule has 0 amide bonds. The number of nitrogens with one attached hydrogen (secondary N) is 1. The summed E-state index contributed by atoms with van der Waals surface area (Å²) in [5.74, 6) is -0.648. The smallest absolute Gasteiger partial charge is 0.330 e. The van der Waals surface area contributed by atoms with Gasteiger partial charge >= 0.3 is 11.7 Å². The van der Waals surface area contributed by atoms with Crippen molar-refractivity contribution in [3.63, 3.8) is 0 Å². The van der Waals surface area contributed by atoms with Crippen LogP contribution >= 0.6 is 0 Å². The number of rotatable bonds is 4. The number of aliphatic hydroxyl groups is 1. The van der Waals surface area contributed by atoms with Crippen molar-refractivity contribution in [1.29, 1.82) is 0 Å². The molecule has 0 spiro atoms. The molecule has 1 aromatic heterocycles. The Morgan fingerprint density at radius 1 is 1.59 bits per heavy atom. The zero-order valence-corrected chi connectivity index (χ0v) is 12.1. The lowest BCUT2D eigenvalue weighted by molar-refractivity contribution is -0.158. The third-order valence-electron chi connectivity index (χ3n) is 3.51. The number of nitrogens with zero attached hydrogens (tertiary/aromatic N) is 1. The van der Waals surface area contributed by atoms with Crippen molar-refractivity contribution in [3.05, 3.63) is 33.1 Å². The molecule has 1 fully saturated rings. The first-order chi connectivity index (χ1) is 10.3. The predicted molar refractivity (Wildman–Crippen MR) is 72.0 cm³/mol. The van der Waals surface area contributed by atoms with Crippen LogP contribution in [0.5, 0.6) is 0 Å². The lowest BCUT2D eigenvalue weighted by Crippen LogP contribution is -2.45. The lowest BCUT2D eigenvalue weighted by atomic mass is 9.98. The van der Waals surface area contributed by atoms with Crippen LogP contribution in [0.4, 0.5) is 4.39 Å². The minimum Gasteiger partial charge on any atom is -0.456 e.